The van der Waals surface area contributed by atoms with Crippen LogP contribution < -0.4 is 14.8 Å². The minimum absolute atomic E-state index is 0.362. The zero-order valence-corrected chi connectivity index (χ0v) is 12.0. The van der Waals surface area contributed by atoms with Crippen molar-refractivity contribution in [2.24, 2.45) is 5.92 Å². The van der Waals surface area contributed by atoms with Crippen molar-refractivity contribution in [1.82, 2.24) is 5.32 Å². The number of nitrogens with one attached hydrogen (secondary N) is 1. The van der Waals surface area contributed by atoms with Crippen LogP contribution in [0.2, 0.25) is 0 Å². The summed E-state index contributed by atoms with van der Waals surface area (Å²) in [5.74, 6) is 4.78. The van der Waals surface area contributed by atoms with Gasteiger partial charge in [0, 0.05) is 23.4 Å². The zero-order chi connectivity index (χ0) is 13.0. The number of thioether (sulfide) groups is 1. The van der Waals surface area contributed by atoms with E-state index in [1.165, 1.54) is 11.3 Å². The summed E-state index contributed by atoms with van der Waals surface area (Å²) in [5.41, 5.74) is 1.22. The van der Waals surface area contributed by atoms with Gasteiger partial charge in [-0.25, -0.2) is 0 Å². The highest BCUT2D eigenvalue weighted by molar-refractivity contribution is 7.99. The SMILES string of the molecule is COc1ccc(C2CSCC(C)CN2)c(OC)c1. The summed E-state index contributed by atoms with van der Waals surface area (Å²) >= 11 is 2.01. The molecule has 1 aromatic rings. The van der Waals surface area contributed by atoms with Crippen LogP contribution in [0.1, 0.15) is 18.5 Å². The Kier molecular flexibility index (Phi) is 4.78. The molecule has 0 spiro atoms. The van der Waals surface area contributed by atoms with Gasteiger partial charge in [-0.3, -0.25) is 0 Å². The Morgan fingerprint density at radius 1 is 1.22 bits per heavy atom. The van der Waals surface area contributed by atoms with Crippen LogP contribution in [0.25, 0.3) is 0 Å². The molecule has 2 rings (SSSR count). The first-order chi connectivity index (χ1) is 8.74. The van der Waals surface area contributed by atoms with Gasteiger partial charge >= 0.3 is 0 Å². The summed E-state index contributed by atoms with van der Waals surface area (Å²) in [6.45, 7) is 3.35. The molecule has 1 N–H and O–H groups in total. The maximum Gasteiger partial charge on any atom is 0.127 e. The van der Waals surface area contributed by atoms with Gasteiger partial charge in [0.1, 0.15) is 11.5 Å². The highest BCUT2D eigenvalue weighted by Crippen LogP contribution is 2.32. The second-order valence-electron chi connectivity index (χ2n) is 4.71. The third-order valence-corrected chi connectivity index (χ3v) is 4.59. The first kappa shape index (κ1) is 13.6. The van der Waals surface area contributed by atoms with Crippen molar-refractivity contribution in [3.63, 3.8) is 0 Å². The van der Waals surface area contributed by atoms with Gasteiger partial charge in [0.25, 0.3) is 0 Å². The molecule has 4 heteroatoms. The number of rotatable bonds is 3. The second kappa shape index (κ2) is 6.34. The standard InChI is InChI=1S/C14H21NO2S/c1-10-7-15-13(9-18-8-10)12-5-4-11(16-2)6-14(12)17-3/h4-6,10,13,15H,7-9H2,1-3H3. The second-order valence-corrected chi connectivity index (χ2v) is 5.79. The van der Waals surface area contributed by atoms with Crippen molar-refractivity contribution in [3.8, 4) is 11.5 Å². The quantitative estimate of drug-likeness (QED) is 0.912. The average Bonchev–Trinajstić information content (AvgIpc) is 2.62. The lowest BCUT2D eigenvalue weighted by atomic mass is 10.1. The molecule has 2 unspecified atom stereocenters. The van der Waals surface area contributed by atoms with E-state index in [4.69, 9.17) is 9.47 Å². The molecule has 0 bridgehead atoms. The van der Waals surface area contributed by atoms with E-state index in [9.17, 15) is 0 Å². The molecule has 1 heterocycles. The van der Waals surface area contributed by atoms with Gasteiger partial charge < -0.3 is 14.8 Å². The maximum atomic E-state index is 5.48. The number of ether oxygens (including phenoxy) is 2. The Balaban J connectivity index is 2.20. The Bertz CT molecular complexity index is 397. The van der Waals surface area contributed by atoms with Crippen molar-refractivity contribution >= 4 is 11.8 Å². The van der Waals surface area contributed by atoms with Crippen LogP contribution in [0.15, 0.2) is 18.2 Å². The van der Waals surface area contributed by atoms with Crippen LogP contribution in [-0.2, 0) is 0 Å². The molecule has 18 heavy (non-hydrogen) atoms. The van der Waals surface area contributed by atoms with E-state index in [0.29, 0.717) is 6.04 Å². The number of benzene rings is 1. The van der Waals surface area contributed by atoms with E-state index >= 15 is 0 Å². The third kappa shape index (κ3) is 3.12. The summed E-state index contributed by atoms with van der Waals surface area (Å²) in [7, 11) is 3.39. The predicted octanol–water partition coefficient (Wildman–Crippen LogP) is 2.72. The molecule has 3 nitrogen and oxygen atoms in total. The van der Waals surface area contributed by atoms with E-state index in [1.54, 1.807) is 14.2 Å². The van der Waals surface area contributed by atoms with E-state index in [1.807, 2.05) is 23.9 Å². The molecule has 1 fully saturated rings. The lowest BCUT2D eigenvalue weighted by molar-refractivity contribution is 0.385. The van der Waals surface area contributed by atoms with Crippen LogP contribution in [0.5, 0.6) is 11.5 Å². The van der Waals surface area contributed by atoms with Gasteiger partial charge in [-0.2, -0.15) is 11.8 Å². The fourth-order valence-corrected chi connectivity index (χ4v) is 3.34. The Hall–Kier alpha value is -0.870. The Morgan fingerprint density at radius 3 is 2.78 bits per heavy atom. The molecule has 1 aliphatic heterocycles. The van der Waals surface area contributed by atoms with Crippen molar-refractivity contribution < 1.29 is 9.47 Å². The highest BCUT2D eigenvalue weighted by Gasteiger charge is 2.20. The molecule has 1 aromatic carbocycles. The highest BCUT2D eigenvalue weighted by atomic mass is 32.2. The minimum Gasteiger partial charge on any atom is -0.497 e. The van der Waals surface area contributed by atoms with Crippen LogP contribution in [-0.4, -0.2) is 32.3 Å². The Labute approximate surface area is 113 Å². The summed E-state index contributed by atoms with van der Waals surface area (Å²) < 4.78 is 10.7. The average molecular weight is 267 g/mol. The number of hydrogen-bond donors (Lipinski definition) is 1. The van der Waals surface area contributed by atoms with Crippen molar-refractivity contribution in [1.29, 1.82) is 0 Å². The summed E-state index contributed by atoms with van der Waals surface area (Å²) in [4.78, 5) is 0. The van der Waals surface area contributed by atoms with Gasteiger partial charge in [-0.05, 0) is 24.3 Å². The molecule has 100 valence electrons. The van der Waals surface area contributed by atoms with Crippen molar-refractivity contribution in [2.45, 2.75) is 13.0 Å². The Morgan fingerprint density at radius 2 is 2.06 bits per heavy atom. The van der Waals surface area contributed by atoms with E-state index in [2.05, 4.69) is 18.3 Å². The molecule has 1 aliphatic rings. The minimum atomic E-state index is 0.362. The maximum absolute atomic E-state index is 5.48. The topological polar surface area (TPSA) is 30.5 Å². The lowest BCUT2D eigenvalue weighted by Gasteiger charge is -2.19. The molecule has 2 atom stereocenters. The van der Waals surface area contributed by atoms with Crippen LogP contribution in [0.4, 0.5) is 0 Å². The molecular weight excluding hydrogens is 246 g/mol. The molecule has 1 saturated heterocycles. The summed E-state index contributed by atoms with van der Waals surface area (Å²) in [6, 6.07) is 6.42. The molecule has 0 amide bonds. The van der Waals surface area contributed by atoms with Gasteiger partial charge in [0.2, 0.25) is 0 Å². The molecular formula is C14H21NO2S. The van der Waals surface area contributed by atoms with Crippen molar-refractivity contribution in [3.05, 3.63) is 23.8 Å². The summed E-state index contributed by atoms with van der Waals surface area (Å²) in [6.07, 6.45) is 0. The number of methoxy groups -OCH3 is 2. The van der Waals surface area contributed by atoms with E-state index in [0.717, 1.165) is 29.7 Å². The lowest BCUT2D eigenvalue weighted by Crippen LogP contribution is -2.25. The largest absolute Gasteiger partial charge is 0.497 e. The van der Waals surface area contributed by atoms with Crippen molar-refractivity contribution in [2.75, 3.05) is 32.3 Å². The normalized spacial score (nSPS) is 24.4. The fourth-order valence-electron chi connectivity index (χ4n) is 2.15. The molecule has 0 saturated carbocycles. The van der Waals surface area contributed by atoms with Gasteiger partial charge in [0.15, 0.2) is 0 Å². The first-order valence-corrected chi connectivity index (χ1v) is 7.43. The summed E-state index contributed by atoms with van der Waals surface area (Å²) in [5, 5.41) is 3.62. The smallest absolute Gasteiger partial charge is 0.127 e. The zero-order valence-electron chi connectivity index (χ0n) is 11.2. The third-order valence-electron chi connectivity index (χ3n) is 3.22. The van der Waals surface area contributed by atoms with E-state index < -0.39 is 0 Å². The van der Waals surface area contributed by atoms with Gasteiger partial charge in [-0.1, -0.05) is 13.0 Å². The molecule has 0 aromatic heterocycles. The molecule has 0 aliphatic carbocycles. The van der Waals surface area contributed by atoms with E-state index in [-0.39, 0.29) is 0 Å². The van der Waals surface area contributed by atoms with Crippen LogP contribution in [0.3, 0.4) is 0 Å². The molecule has 0 radical (unpaired) electrons. The van der Waals surface area contributed by atoms with Crippen LogP contribution in [0, 0.1) is 5.92 Å². The first-order valence-electron chi connectivity index (χ1n) is 6.27. The van der Waals surface area contributed by atoms with Crippen LogP contribution >= 0.6 is 11.8 Å². The predicted molar refractivity (Wildman–Crippen MR) is 76.8 cm³/mol. The number of hydrogen-bond acceptors (Lipinski definition) is 4. The monoisotopic (exact) mass is 267 g/mol. The van der Waals surface area contributed by atoms with Gasteiger partial charge in [0.05, 0.1) is 14.2 Å². The van der Waals surface area contributed by atoms with Gasteiger partial charge in [-0.15, -0.1) is 0 Å². The fraction of sp³-hybridized carbons (Fsp3) is 0.571.